The molecule has 3 rings (SSSR count). The Morgan fingerprint density at radius 3 is 2.85 bits per heavy atom. The summed E-state index contributed by atoms with van der Waals surface area (Å²) in [6, 6.07) is 5.73. The van der Waals surface area contributed by atoms with Crippen LogP contribution in [0.25, 0.3) is 0 Å². The van der Waals surface area contributed by atoms with Gasteiger partial charge in [-0.15, -0.1) is 0 Å². The van der Waals surface area contributed by atoms with Crippen molar-refractivity contribution in [3.05, 3.63) is 51.1 Å². The van der Waals surface area contributed by atoms with Crippen molar-refractivity contribution in [3.63, 3.8) is 0 Å². The summed E-state index contributed by atoms with van der Waals surface area (Å²) in [5.74, 6) is 0.119. The molecule has 0 amide bonds. The first kappa shape index (κ1) is 18.7. The van der Waals surface area contributed by atoms with Gasteiger partial charge in [-0.25, -0.2) is 0 Å². The Hall–Kier alpha value is -2.13. The van der Waals surface area contributed by atoms with Gasteiger partial charge >= 0.3 is 5.82 Å². The van der Waals surface area contributed by atoms with Crippen LogP contribution in [0.2, 0.25) is 0 Å². The Morgan fingerprint density at radius 1 is 1.50 bits per heavy atom. The zero-order valence-electron chi connectivity index (χ0n) is 14.5. The fourth-order valence-corrected chi connectivity index (χ4v) is 4.17. The van der Waals surface area contributed by atoms with E-state index in [1.165, 1.54) is 11.8 Å². The maximum absolute atomic E-state index is 11.6. The molecule has 10 heteroatoms. The van der Waals surface area contributed by atoms with E-state index < -0.39 is 4.92 Å². The molecular weight excluding hydrogens is 376 g/mol. The van der Waals surface area contributed by atoms with Gasteiger partial charge in [0, 0.05) is 24.9 Å². The van der Waals surface area contributed by atoms with Gasteiger partial charge < -0.3 is 20.3 Å². The predicted octanol–water partition coefficient (Wildman–Crippen LogP) is 3.41. The third kappa shape index (κ3) is 4.16. The van der Waals surface area contributed by atoms with Crippen molar-refractivity contribution in [2.45, 2.75) is 19.1 Å². The van der Waals surface area contributed by atoms with Crippen LogP contribution in [-0.2, 0) is 0 Å². The van der Waals surface area contributed by atoms with Gasteiger partial charge in [0.1, 0.15) is 5.69 Å². The van der Waals surface area contributed by atoms with E-state index in [1.54, 1.807) is 0 Å². The van der Waals surface area contributed by atoms with Crippen LogP contribution in [0.5, 0.6) is 0 Å². The van der Waals surface area contributed by atoms with E-state index in [0.29, 0.717) is 42.2 Å². The van der Waals surface area contributed by atoms with Crippen LogP contribution >= 0.6 is 23.4 Å². The zero-order valence-corrected chi connectivity index (χ0v) is 16.0. The largest absolute Gasteiger partial charge is 0.430 e. The lowest BCUT2D eigenvalue weighted by molar-refractivity contribution is -0.429. The van der Waals surface area contributed by atoms with E-state index in [0.717, 1.165) is 11.1 Å². The summed E-state index contributed by atoms with van der Waals surface area (Å²) in [6.07, 6.45) is 0. The number of nitro groups is 1. The summed E-state index contributed by atoms with van der Waals surface area (Å²) in [7, 11) is 0. The molecule has 0 spiro atoms. The number of hydrogen-bond acceptors (Lipinski definition) is 8. The lowest BCUT2D eigenvalue weighted by Gasteiger charge is -2.20. The Labute approximate surface area is 160 Å². The van der Waals surface area contributed by atoms with Gasteiger partial charge in [0.05, 0.1) is 11.7 Å². The third-order valence-corrected chi connectivity index (χ3v) is 5.51. The average Bonchev–Trinajstić information content (AvgIpc) is 3.19. The molecule has 138 valence electrons. The van der Waals surface area contributed by atoms with Crippen LogP contribution in [0, 0.1) is 24.0 Å². The highest BCUT2D eigenvalue weighted by Gasteiger charge is 2.31. The molecule has 1 saturated heterocycles. The summed E-state index contributed by atoms with van der Waals surface area (Å²) < 4.78 is 0.539. The van der Waals surface area contributed by atoms with Crippen molar-refractivity contribution in [1.29, 1.82) is 0 Å². The van der Waals surface area contributed by atoms with E-state index >= 15 is 0 Å². The van der Waals surface area contributed by atoms with Crippen molar-refractivity contribution in [2.75, 3.05) is 26.2 Å². The SMILES string of the molecule is Cc1cccc(C)c1/N=N/C(=C1/NCCN1CC1CN=C(Cl)S1)[N+](=O)[O-]. The molecule has 0 bridgehead atoms. The van der Waals surface area contributed by atoms with Gasteiger partial charge in [-0.2, -0.15) is 0 Å². The lowest BCUT2D eigenvalue weighted by atomic mass is 10.1. The third-order valence-electron chi connectivity index (χ3n) is 4.17. The summed E-state index contributed by atoms with van der Waals surface area (Å²) in [4.78, 5) is 17.2. The van der Waals surface area contributed by atoms with Gasteiger partial charge in [-0.3, -0.25) is 4.99 Å². The molecule has 0 radical (unpaired) electrons. The second kappa shape index (κ2) is 8.05. The minimum absolute atomic E-state index is 0.181. The highest BCUT2D eigenvalue weighted by Crippen LogP contribution is 2.28. The summed E-state index contributed by atoms with van der Waals surface area (Å²) >= 11 is 7.40. The second-order valence-corrected chi connectivity index (χ2v) is 7.95. The van der Waals surface area contributed by atoms with Crippen LogP contribution < -0.4 is 5.32 Å². The van der Waals surface area contributed by atoms with Crippen LogP contribution in [0.4, 0.5) is 5.69 Å². The number of hydrogen-bond donors (Lipinski definition) is 1. The molecule has 0 saturated carbocycles. The minimum Gasteiger partial charge on any atom is -0.363 e. The fraction of sp³-hybridized carbons (Fsp3) is 0.438. The molecule has 1 atom stereocenters. The van der Waals surface area contributed by atoms with Crippen LogP contribution in [-0.4, -0.2) is 45.8 Å². The molecule has 1 fully saturated rings. The monoisotopic (exact) mass is 394 g/mol. The number of halogens is 1. The Balaban J connectivity index is 1.85. The van der Waals surface area contributed by atoms with Gasteiger partial charge in [0.25, 0.3) is 0 Å². The number of azo groups is 1. The first-order valence-electron chi connectivity index (χ1n) is 8.17. The molecule has 26 heavy (non-hydrogen) atoms. The van der Waals surface area contributed by atoms with Crippen molar-refractivity contribution in [3.8, 4) is 0 Å². The summed E-state index contributed by atoms with van der Waals surface area (Å²) in [5, 5.41) is 23.0. The van der Waals surface area contributed by atoms with E-state index in [4.69, 9.17) is 11.6 Å². The summed E-state index contributed by atoms with van der Waals surface area (Å²) in [5.41, 5.74) is 2.50. The molecule has 2 aliphatic heterocycles. The van der Waals surface area contributed by atoms with Crippen molar-refractivity contribution >= 4 is 33.6 Å². The number of benzene rings is 1. The molecule has 2 heterocycles. The van der Waals surface area contributed by atoms with E-state index in [9.17, 15) is 10.1 Å². The van der Waals surface area contributed by atoms with Crippen molar-refractivity contribution in [1.82, 2.24) is 10.2 Å². The number of rotatable bonds is 5. The van der Waals surface area contributed by atoms with Crippen LogP contribution in [0.1, 0.15) is 11.1 Å². The molecule has 0 aromatic heterocycles. The maximum Gasteiger partial charge on any atom is 0.430 e. The topological polar surface area (TPSA) is 95.5 Å². The first-order valence-corrected chi connectivity index (χ1v) is 9.43. The molecule has 2 aliphatic rings. The Morgan fingerprint density at radius 2 is 2.23 bits per heavy atom. The van der Waals surface area contributed by atoms with E-state index in [-0.39, 0.29) is 11.1 Å². The normalized spacial score (nSPS) is 21.9. The minimum atomic E-state index is -0.497. The number of aliphatic imine (C=N–C) groups is 1. The quantitative estimate of drug-likeness (QED) is 0.469. The smallest absolute Gasteiger partial charge is 0.363 e. The van der Waals surface area contributed by atoms with Crippen molar-refractivity contribution < 1.29 is 4.92 Å². The van der Waals surface area contributed by atoms with E-state index in [1.807, 2.05) is 36.9 Å². The summed E-state index contributed by atoms with van der Waals surface area (Å²) in [6.45, 7) is 6.33. The Bertz CT molecular complexity index is 790. The number of thioether (sulfide) groups is 1. The first-order chi connectivity index (χ1) is 12.5. The van der Waals surface area contributed by atoms with Crippen LogP contribution in [0.15, 0.2) is 45.1 Å². The average molecular weight is 395 g/mol. The molecular formula is C16H19ClN6O2S. The Kier molecular flexibility index (Phi) is 5.77. The lowest BCUT2D eigenvalue weighted by Crippen LogP contribution is -2.30. The highest BCUT2D eigenvalue weighted by atomic mass is 35.5. The van der Waals surface area contributed by atoms with E-state index in [2.05, 4.69) is 20.5 Å². The molecule has 1 N–H and O–H groups in total. The van der Waals surface area contributed by atoms with Gasteiger partial charge in [-0.05, 0) is 35.0 Å². The second-order valence-electron chi connectivity index (χ2n) is 6.08. The predicted molar refractivity (Wildman–Crippen MR) is 104 cm³/mol. The molecule has 8 nitrogen and oxygen atoms in total. The standard InChI is InChI=1S/C16H19ClN6O2S/c1-10-4-3-5-11(2)13(10)20-21-15(23(24)25)14-18-6-7-22(14)9-12-8-19-16(17)26-12/h3-5,12,18H,6-9H2,1-2H3/b15-14+,21-20+. The molecule has 1 aromatic carbocycles. The van der Waals surface area contributed by atoms with Gasteiger partial charge in [0.2, 0.25) is 5.82 Å². The van der Waals surface area contributed by atoms with Crippen LogP contribution in [0.3, 0.4) is 0 Å². The van der Waals surface area contributed by atoms with Gasteiger partial charge in [-0.1, -0.05) is 41.6 Å². The number of aryl methyl sites for hydroxylation is 2. The zero-order chi connectivity index (χ0) is 18.7. The van der Waals surface area contributed by atoms with Crippen molar-refractivity contribution in [2.24, 2.45) is 15.2 Å². The van der Waals surface area contributed by atoms with Gasteiger partial charge in [0.15, 0.2) is 4.50 Å². The fourth-order valence-electron chi connectivity index (χ4n) is 2.89. The molecule has 1 unspecified atom stereocenters. The molecule has 0 aliphatic carbocycles. The maximum atomic E-state index is 11.6. The number of nitrogens with zero attached hydrogens (tertiary/aromatic N) is 5. The molecule has 1 aromatic rings. The highest BCUT2D eigenvalue weighted by molar-refractivity contribution is 8.17. The number of nitrogens with one attached hydrogen (secondary N) is 1.